The molecule has 0 unspecified atom stereocenters. The predicted octanol–water partition coefficient (Wildman–Crippen LogP) is 3.40. The second-order valence-electron chi connectivity index (χ2n) is 5.68. The highest BCUT2D eigenvalue weighted by Gasteiger charge is 2.21. The maximum absolute atomic E-state index is 12.0. The number of esters is 1. The van der Waals surface area contributed by atoms with Crippen molar-refractivity contribution in [2.45, 2.75) is 13.5 Å². The maximum atomic E-state index is 12.0. The number of carbonyl (C=O) groups is 1. The van der Waals surface area contributed by atoms with Crippen molar-refractivity contribution >= 4 is 21.9 Å². The Bertz CT molecular complexity index is 973. The minimum atomic E-state index is -0.444. The van der Waals surface area contributed by atoms with Crippen LogP contribution in [0.3, 0.4) is 0 Å². The lowest BCUT2D eigenvalue weighted by atomic mass is 10.2. The number of methoxy groups -OCH3 is 1. The van der Waals surface area contributed by atoms with Crippen molar-refractivity contribution in [1.29, 1.82) is 0 Å². The molecule has 3 rings (SSSR count). The molecule has 3 aromatic rings. The average Bonchev–Trinajstić information content (AvgIpc) is 3.00. The third-order valence-corrected chi connectivity index (χ3v) is 4.71. The molecule has 0 bridgehead atoms. The number of nitrogens with zero attached hydrogens (tertiary/aromatic N) is 4. The molecule has 0 saturated heterocycles. The van der Waals surface area contributed by atoms with Crippen molar-refractivity contribution < 1.29 is 19.0 Å². The van der Waals surface area contributed by atoms with Crippen LogP contribution in [0, 0.1) is 0 Å². The van der Waals surface area contributed by atoms with E-state index in [9.17, 15) is 4.79 Å². The van der Waals surface area contributed by atoms with Gasteiger partial charge in [0.15, 0.2) is 17.3 Å². The van der Waals surface area contributed by atoms with Crippen molar-refractivity contribution in [2.24, 2.45) is 7.05 Å². The molecular weight excluding hydrogens is 428 g/mol. The van der Waals surface area contributed by atoms with Gasteiger partial charge in [-0.25, -0.2) is 14.8 Å². The fourth-order valence-electron chi connectivity index (χ4n) is 2.58. The molecule has 0 spiro atoms. The molecule has 0 atom stereocenters. The molecule has 0 N–H and O–H groups in total. The van der Waals surface area contributed by atoms with E-state index in [2.05, 4.69) is 31.0 Å². The number of ether oxygens (including phenoxy) is 3. The molecule has 146 valence electrons. The number of hydrogen-bond acceptors (Lipinski definition) is 7. The van der Waals surface area contributed by atoms with Crippen LogP contribution < -0.4 is 9.47 Å². The molecule has 28 heavy (non-hydrogen) atoms. The van der Waals surface area contributed by atoms with E-state index in [1.807, 2.05) is 24.3 Å². The van der Waals surface area contributed by atoms with Crippen molar-refractivity contribution in [3.8, 4) is 22.9 Å². The summed E-state index contributed by atoms with van der Waals surface area (Å²) in [7, 11) is 3.28. The quantitative estimate of drug-likeness (QED) is 0.513. The number of rotatable bonds is 7. The van der Waals surface area contributed by atoms with Gasteiger partial charge in [-0.05, 0) is 35.0 Å². The normalized spacial score (nSPS) is 10.6. The Balaban J connectivity index is 1.72. The molecule has 0 fully saturated rings. The first kappa shape index (κ1) is 19.8. The third kappa shape index (κ3) is 4.14. The van der Waals surface area contributed by atoms with Crippen molar-refractivity contribution in [3.63, 3.8) is 0 Å². The van der Waals surface area contributed by atoms with Gasteiger partial charge >= 0.3 is 5.97 Å². The van der Waals surface area contributed by atoms with Gasteiger partial charge < -0.3 is 14.2 Å². The Labute approximate surface area is 170 Å². The maximum Gasteiger partial charge on any atom is 0.357 e. The van der Waals surface area contributed by atoms with Gasteiger partial charge in [0.1, 0.15) is 18.1 Å². The van der Waals surface area contributed by atoms with Crippen LogP contribution in [0.5, 0.6) is 11.5 Å². The SMILES string of the molecule is CCOC(=O)c1c(Br)c(COc2cnc(-c3ccccc3OC)nc2)nn1C. The highest BCUT2D eigenvalue weighted by atomic mass is 79.9. The van der Waals surface area contributed by atoms with Crippen molar-refractivity contribution in [2.75, 3.05) is 13.7 Å². The van der Waals surface area contributed by atoms with Crippen LogP contribution in [0.2, 0.25) is 0 Å². The first-order valence-electron chi connectivity index (χ1n) is 8.51. The van der Waals surface area contributed by atoms with Gasteiger partial charge in [-0.1, -0.05) is 12.1 Å². The Morgan fingerprint density at radius 1 is 1.21 bits per heavy atom. The average molecular weight is 447 g/mol. The van der Waals surface area contributed by atoms with Gasteiger partial charge in [-0.3, -0.25) is 4.68 Å². The molecule has 0 amide bonds. The van der Waals surface area contributed by atoms with Crippen LogP contribution in [-0.4, -0.2) is 39.4 Å². The smallest absolute Gasteiger partial charge is 0.357 e. The lowest BCUT2D eigenvalue weighted by Crippen LogP contribution is -2.10. The standard InChI is InChI=1S/C19H19BrN4O4/c1-4-27-19(25)17-16(20)14(23-24(17)2)11-28-12-9-21-18(22-10-12)13-7-5-6-8-15(13)26-3/h5-10H,4,11H2,1-3H3. The van der Waals surface area contributed by atoms with Gasteiger partial charge in [0, 0.05) is 7.05 Å². The minimum Gasteiger partial charge on any atom is -0.496 e. The summed E-state index contributed by atoms with van der Waals surface area (Å²) in [6.45, 7) is 2.18. The van der Waals surface area contributed by atoms with Crippen molar-refractivity contribution in [1.82, 2.24) is 19.7 Å². The minimum absolute atomic E-state index is 0.144. The van der Waals surface area contributed by atoms with E-state index in [0.717, 1.165) is 5.56 Å². The summed E-state index contributed by atoms with van der Waals surface area (Å²) in [6, 6.07) is 7.51. The fraction of sp³-hybridized carbons (Fsp3) is 0.263. The molecular formula is C19H19BrN4O4. The first-order valence-corrected chi connectivity index (χ1v) is 9.31. The molecule has 0 saturated carbocycles. The molecule has 2 heterocycles. The highest BCUT2D eigenvalue weighted by molar-refractivity contribution is 9.10. The van der Waals surface area contributed by atoms with Gasteiger partial charge in [-0.15, -0.1) is 0 Å². The van der Waals surface area contributed by atoms with Crippen LogP contribution in [0.15, 0.2) is 41.1 Å². The summed E-state index contributed by atoms with van der Waals surface area (Å²) in [6.07, 6.45) is 3.16. The molecule has 1 aromatic carbocycles. The molecule has 2 aromatic heterocycles. The number of aromatic nitrogens is 4. The van der Waals surface area contributed by atoms with E-state index in [4.69, 9.17) is 14.2 Å². The van der Waals surface area contributed by atoms with Crippen LogP contribution in [0.25, 0.3) is 11.4 Å². The summed E-state index contributed by atoms with van der Waals surface area (Å²) in [5, 5.41) is 4.30. The number of aryl methyl sites for hydroxylation is 1. The van der Waals surface area contributed by atoms with Gasteiger partial charge in [-0.2, -0.15) is 5.10 Å². The number of para-hydroxylation sites is 1. The van der Waals surface area contributed by atoms with Gasteiger partial charge in [0.25, 0.3) is 0 Å². The zero-order valence-electron chi connectivity index (χ0n) is 15.7. The monoisotopic (exact) mass is 446 g/mol. The van der Waals surface area contributed by atoms with Gasteiger partial charge in [0.05, 0.1) is 36.1 Å². The van der Waals surface area contributed by atoms with E-state index in [1.54, 1.807) is 33.5 Å². The van der Waals surface area contributed by atoms with Crippen molar-refractivity contribution in [3.05, 3.63) is 52.5 Å². The van der Waals surface area contributed by atoms with E-state index < -0.39 is 5.97 Å². The van der Waals surface area contributed by atoms with Crippen LogP contribution in [-0.2, 0) is 18.4 Å². The topological polar surface area (TPSA) is 88.4 Å². The first-order chi connectivity index (χ1) is 13.5. The number of halogens is 1. The second-order valence-corrected chi connectivity index (χ2v) is 6.48. The number of carbonyl (C=O) groups excluding carboxylic acids is 1. The number of benzene rings is 1. The Morgan fingerprint density at radius 3 is 2.61 bits per heavy atom. The molecule has 0 aliphatic rings. The fourth-order valence-corrected chi connectivity index (χ4v) is 3.19. The predicted molar refractivity (Wildman–Crippen MR) is 105 cm³/mol. The van der Waals surface area contributed by atoms with Crippen LogP contribution in [0.4, 0.5) is 0 Å². The van der Waals surface area contributed by atoms with E-state index in [1.165, 1.54) is 4.68 Å². The summed E-state index contributed by atoms with van der Waals surface area (Å²) >= 11 is 3.40. The lowest BCUT2D eigenvalue weighted by Gasteiger charge is -2.08. The van der Waals surface area contributed by atoms with E-state index in [0.29, 0.717) is 33.2 Å². The van der Waals surface area contributed by atoms with Crippen LogP contribution >= 0.6 is 15.9 Å². The molecule has 8 nitrogen and oxygen atoms in total. The second kappa shape index (κ2) is 8.83. The van der Waals surface area contributed by atoms with E-state index >= 15 is 0 Å². The summed E-state index contributed by atoms with van der Waals surface area (Å²) in [5.41, 5.74) is 1.70. The zero-order valence-corrected chi connectivity index (χ0v) is 17.3. The number of hydrogen-bond donors (Lipinski definition) is 0. The Kier molecular flexibility index (Phi) is 6.25. The molecule has 0 radical (unpaired) electrons. The molecule has 9 heteroatoms. The van der Waals surface area contributed by atoms with Gasteiger partial charge in [0.2, 0.25) is 0 Å². The largest absolute Gasteiger partial charge is 0.496 e. The highest BCUT2D eigenvalue weighted by Crippen LogP contribution is 2.27. The lowest BCUT2D eigenvalue weighted by molar-refractivity contribution is 0.0512. The Hall–Kier alpha value is -2.94. The van der Waals surface area contributed by atoms with Crippen LogP contribution in [0.1, 0.15) is 23.1 Å². The zero-order chi connectivity index (χ0) is 20.1. The summed E-state index contributed by atoms with van der Waals surface area (Å²) in [4.78, 5) is 20.7. The summed E-state index contributed by atoms with van der Waals surface area (Å²) < 4.78 is 18.1. The molecule has 0 aliphatic heterocycles. The summed E-state index contributed by atoms with van der Waals surface area (Å²) in [5.74, 6) is 1.27. The van der Waals surface area contributed by atoms with E-state index in [-0.39, 0.29) is 13.2 Å². The Morgan fingerprint density at radius 2 is 1.93 bits per heavy atom. The molecule has 0 aliphatic carbocycles. The third-order valence-electron chi connectivity index (χ3n) is 3.88.